The summed E-state index contributed by atoms with van der Waals surface area (Å²) in [4.78, 5) is 15.7. The van der Waals surface area contributed by atoms with Gasteiger partial charge in [0.15, 0.2) is 0 Å². The van der Waals surface area contributed by atoms with Crippen LogP contribution in [0.5, 0.6) is 0 Å². The first-order chi connectivity index (χ1) is 9.97. The normalized spacial score (nSPS) is 17.4. The van der Waals surface area contributed by atoms with Gasteiger partial charge in [0.2, 0.25) is 0 Å². The van der Waals surface area contributed by atoms with Gasteiger partial charge < -0.3 is 4.90 Å². The molecule has 1 amide bonds. The second-order valence-electron chi connectivity index (χ2n) is 4.90. The fraction of sp³-hybridized carbons (Fsp3) is 0.400. The molecule has 1 aliphatic rings. The second-order valence-corrected chi connectivity index (χ2v) is 7.18. The molecular formula is C15H17Cl3N2O. The Morgan fingerprint density at radius 1 is 1.10 bits per heavy atom. The van der Waals surface area contributed by atoms with E-state index in [2.05, 4.69) is 29.2 Å². The molecule has 1 aliphatic heterocycles. The van der Waals surface area contributed by atoms with E-state index in [0.29, 0.717) is 13.1 Å². The lowest BCUT2D eigenvalue weighted by molar-refractivity contribution is -0.131. The van der Waals surface area contributed by atoms with Crippen LogP contribution in [0, 0.1) is 0 Å². The van der Waals surface area contributed by atoms with Crippen molar-refractivity contribution in [2.24, 2.45) is 0 Å². The Morgan fingerprint density at radius 2 is 1.71 bits per heavy atom. The molecule has 0 unspecified atom stereocenters. The number of nitrogens with zero attached hydrogens (tertiary/aromatic N) is 2. The van der Waals surface area contributed by atoms with Gasteiger partial charge in [0, 0.05) is 32.7 Å². The summed E-state index contributed by atoms with van der Waals surface area (Å²) in [6, 6.07) is 10.2. The molecule has 114 valence electrons. The van der Waals surface area contributed by atoms with Crippen LogP contribution in [0.2, 0.25) is 0 Å². The summed E-state index contributed by atoms with van der Waals surface area (Å²) in [5, 5.41) is 0. The summed E-state index contributed by atoms with van der Waals surface area (Å²) in [6.45, 7) is 3.60. The van der Waals surface area contributed by atoms with E-state index in [9.17, 15) is 4.79 Å². The SMILES string of the molecule is O=C(N1CCN(C/C=C/c2ccccc2)CC1)C(Cl)(Cl)Cl. The Labute approximate surface area is 140 Å². The van der Waals surface area contributed by atoms with E-state index in [1.807, 2.05) is 18.2 Å². The predicted octanol–water partition coefficient (Wildman–Crippen LogP) is 3.21. The number of amides is 1. The molecule has 0 aromatic heterocycles. The lowest BCUT2D eigenvalue weighted by Gasteiger charge is -2.35. The Bertz CT molecular complexity index is 491. The first-order valence-electron chi connectivity index (χ1n) is 6.77. The van der Waals surface area contributed by atoms with Crippen molar-refractivity contribution in [3.8, 4) is 0 Å². The van der Waals surface area contributed by atoms with Crippen LogP contribution >= 0.6 is 34.8 Å². The highest BCUT2D eigenvalue weighted by atomic mass is 35.6. The number of carbonyl (C=O) groups is 1. The standard InChI is InChI=1S/C15H17Cl3N2O/c16-15(17,18)14(21)20-11-9-19(10-12-20)8-4-7-13-5-2-1-3-6-13/h1-7H,8-12H2/b7-4+. The largest absolute Gasteiger partial charge is 0.336 e. The lowest BCUT2D eigenvalue weighted by Crippen LogP contribution is -2.51. The minimum atomic E-state index is -1.85. The minimum absolute atomic E-state index is 0.438. The van der Waals surface area contributed by atoms with Crippen molar-refractivity contribution in [1.29, 1.82) is 0 Å². The Kier molecular flexibility index (Phi) is 5.94. The van der Waals surface area contributed by atoms with E-state index in [4.69, 9.17) is 34.8 Å². The fourth-order valence-corrected chi connectivity index (χ4v) is 2.57. The molecule has 0 radical (unpaired) electrons. The summed E-state index contributed by atoms with van der Waals surface area (Å²) in [7, 11) is 0. The smallest absolute Gasteiger partial charge is 0.274 e. The number of hydrogen-bond acceptors (Lipinski definition) is 2. The molecule has 0 atom stereocenters. The number of carbonyl (C=O) groups excluding carboxylic acids is 1. The zero-order valence-electron chi connectivity index (χ0n) is 11.5. The highest BCUT2D eigenvalue weighted by Crippen LogP contribution is 2.28. The van der Waals surface area contributed by atoms with Crippen LogP contribution in [0.15, 0.2) is 36.4 Å². The average molecular weight is 348 g/mol. The maximum atomic E-state index is 11.8. The third-order valence-electron chi connectivity index (χ3n) is 3.38. The number of alkyl halides is 3. The molecule has 21 heavy (non-hydrogen) atoms. The van der Waals surface area contributed by atoms with Gasteiger partial charge in [-0.15, -0.1) is 0 Å². The van der Waals surface area contributed by atoms with Crippen LogP contribution in [0.1, 0.15) is 5.56 Å². The molecule has 6 heteroatoms. The van der Waals surface area contributed by atoms with Crippen molar-refractivity contribution in [2.45, 2.75) is 3.79 Å². The molecule has 1 saturated heterocycles. The molecule has 1 aromatic carbocycles. The highest BCUT2D eigenvalue weighted by Gasteiger charge is 2.36. The third kappa shape index (κ3) is 5.19. The summed E-state index contributed by atoms with van der Waals surface area (Å²) < 4.78 is -1.85. The van der Waals surface area contributed by atoms with E-state index in [0.717, 1.165) is 19.6 Å². The third-order valence-corrected chi connectivity index (χ3v) is 3.86. The molecule has 0 bridgehead atoms. The molecule has 3 nitrogen and oxygen atoms in total. The van der Waals surface area contributed by atoms with Crippen LogP contribution in [-0.2, 0) is 4.79 Å². The van der Waals surface area contributed by atoms with E-state index < -0.39 is 9.70 Å². The highest BCUT2D eigenvalue weighted by molar-refractivity contribution is 6.76. The van der Waals surface area contributed by atoms with Gasteiger partial charge in [0.25, 0.3) is 9.70 Å². The molecule has 1 heterocycles. The van der Waals surface area contributed by atoms with Crippen molar-refractivity contribution in [1.82, 2.24) is 9.80 Å². The van der Waals surface area contributed by atoms with E-state index in [-0.39, 0.29) is 0 Å². The molecular weight excluding hydrogens is 331 g/mol. The van der Waals surface area contributed by atoms with Crippen LogP contribution < -0.4 is 0 Å². The number of piperazine rings is 1. The number of hydrogen-bond donors (Lipinski definition) is 0. The van der Waals surface area contributed by atoms with Crippen LogP contribution in [0.3, 0.4) is 0 Å². The zero-order valence-corrected chi connectivity index (χ0v) is 13.8. The number of benzene rings is 1. The first-order valence-corrected chi connectivity index (χ1v) is 7.90. The monoisotopic (exact) mass is 346 g/mol. The molecule has 0 N–H and O–H groups in total. The molecule has 0 saturated carbocycles. The maximum Gasteiger partial charge on any atom is 0.274 e. The van der Waals surface area contributed by atoms with E-state index >= 15 is 0 Å². The number of rotatable bonds is 3. The molecule has 2 rings (SSSR count). The van der Waals surface area contributed by atoms with Crippen molar-refractivity contribution in [3.05, 3.63) is 42.0 Å². The summed E-state index contributed by atoms with van der Waals surface area (Å²) in [5.41, 5.74) is 1.18. The van der Waals surface area contributed by atoms with E-state index in [1.54, 1.807) is 4.90 Å². The lowest BCUT2D eigenvalue weighted by atomic mass is 10.2. The minimum Gasteiger partial charge on any atom is -0.336 e. The predicted molar refractivity (Wildman–Crippen MR) is 88.8 cm³/mol. The maximum absolute atomic E-state index is 11.8. The first kappa shape index (κ1) is 16.6. The molecule has 0 spiro atoms. The van der Waals surface area contributed by atoms with Gasteiger partial charge in [-0.25, -0.2) is 0 Å². The van der Waals surface area contributed by atoms with Gasteiger partial charge in [-0.2, -0.15) is 0 Å². The van der Waals surface area contributed by atoms with Crippen molar-refractivity contribution in [2.75, 3.05) is 32.7 Å². The van der Waals surface area contributed by atoms with Gasteiger partial charge in [-0.05, 0) is 5.56 Å². The number of halogens is 3. The Morgan fingerprint density at radius 3 is 2.29 bits per heavy atom. The van der Waals surface area contributed by atoms with Gasteiger partial charge >= 0.3 is 0 Å². The Balaban J connectivity index is 1.77. The quantitative estimate of drug-likeness (QED) is 0.784. The van der Waals surface area contributed by atoms with Gasteiger partial charge in [0.1, 0.15) is 0 Å². The summed E-state index contributed by atoms with van der Waals surface area (Å²) >= 11 is 16.9. The topological polar surface area (TPSA) is 23.6 Å². The van der Waals surface area contributed by atoms with E-state index in [1.165, 1.54) is 5.56 Å². The molecule has 1 aromatic rings. The second kappa shape index (κ2) is 7.50. The molecule has 1 fully saturated rings. The Hall–Kier alpha value is -0.740. The van der Waals surface area contributed by atoms with Gasteiger partial charge in [0.05, 0.1) is 0 Å². The van der Waals surface area contributed by atoms with Crippen LogP contribution in [0.4, 0.5) is 0 Å². The summed E-state index contributed by atoms with van der Waals surface area (Å²) in [6.07, 6.45) is 4.22. The van der Waals surface area contributed by atoms with Gasteiger partial charge in [-0.1, -0.05) is 77.3 Å². The van der Waals surface area contributed by atoms with Crippen molar-refractivity contribution >= 4 is 46.8 Å². The van der Waals surface area contributed by atoms with Crippen molar-refractivity contribution < 1.29 is 4.79 Å². The fourth-order valence-electron chi connectivity index (χ4n) is 2.21. The van der Waals surface area contributed by atoms with Crippen LogP contribution in [-0.4, -0.2) is 52.2 Å². The average Bonchev–Trinajstić information content (AvgIpc) is 2.47. The van der Waals surface area contributed by atoms with Gasteiger partial charge in [-0.3, -0.25) is 9.69 Å². The van der Waals surface area contributed by atoms with Crippen LogP contribution in [0.25, 0.3) is 6.08 Å². The zero-order chi connectivity index (χ0) is 15.3. The molecule has 0 aliphatic carbocycles. The summed E-state index contributed by atoms with van der Waals surface area (Å²) in [5.74, 6) is -0.438. The van der Waals surface area contributed by atoms with Crippen molar-refractivity contribution in [3.63, 3.8) is 0 Å².